The summed E-state index contributed by atoms with van der Waals surface area (Å²) in [5.74, 6) is 1.28. The maximum Gasteiger partial charge on any atom is 0.0181 e. The number of hydrogen-bond acceptors (Lipinski definition) is 2. The maximum atomic E-state index is 5.78. The van der Waals surface area contributed by atoms with Crippen LogP contribution in [0.4, 0.5) is 0 Å². The minimum atomic E-state index is 0.434. The van der Waals surface area contributed by atoms with E-state index in [0.29, 0.717) is 28.7 Å². The molecule has 1 saturated carbocycles. The van der Waals surface area contributed by atoms with Crippen molar-refractivity contribution < 1.29 is 0 Å². The van der Waals surface area contributed by atoms with Crippen LogP contribution in [0.1, 0.15) is 41.5 Å². The second kappa shape index (κ2) is 4.06. The van der Waals surface area contributed by atoms with Gasteiger partial charge in [-0.1, -0.05) is 41.5 Å². The fourth-order valence-electron chi connectivity index (χ4n) is 2.57. The second-order valence-corrected chi connectivity index (χ2v) is 6.52. The lowest BCUT2D eigenvalue weighted by Crippen LogP contribution is -2.34. The molecular formula is C13H28N2. The Hall–Kier alpha value is -0.0800. The van der Waals surface area contributed by atoms with Crippen LogP contribution in [0, 0.1) is 22.7 Å². The molecule has 0 saturated heterocycles. The molecule has 0 amide bonds. The van der Waals surface area contributed by atoms with Crippen molar-refractivity contribution in [1.29, 1.82) is 0 Å². The molecule has 0 aromatic rings. The Labute approximate surface area is 95.0 Å². The van der Waals surface area contributed by atoms with Gasteiger partial charge < -0.3 is 11.1 Å². The summed E-state index contributed by atoms with van der Waals surface area (Å²) in [4.78, 5) is 0. The highest BCUT2D eigenvalue weighted by atomic mass is 15.0. The largest absolute Gasteiger partial charge is 0.330 e. The molecule has 0 aliphatic heterocycles. The summed E-state index contributed by atoms with van der Waals surface area (Å²) in [5.41, 5.74) is 6.64. The predicted molar refractivity (Wildman–Crippen MR) is 66.7 cm³/mol. The summed E-state index contributed by atoms with van der Waals surface area (Å²) in [7, 11) is 0. The van der Waals surface area contributed by atoms with Gasteiger partial charge in [0.15, 0.2) is 0 Å². The highest BCUT2D eigenvalue weighted by Gasteiger charge is 2.64. The molecule has 0 radical (unpaired) electrons. The lowest BCUT2D eigenvalue weighted by Gasteiger charge is -2.20. The zero-order valence-corrected chi connectivity index (χ0v) is 11.2. The Balaban J connectivity index is 2.40. The summed E-state index contributed by atoms with van der Waals surface area (Å²) >= 11 is 0. The molecule has 90 valence electrons. The van der Waals surface area contributed by atoms with Gasteiger partial charge in [0.05, 0.1) is 0 Å². The summed E-state index contributed by atoms with van der Waals surface area (Å²) < 4.78 is 0. The van der Waals surface area contributed by atoms with E-state index < -0.39 is 0 Å². The van der Waals surface area contributed by atoms with Crippen LogP contribution in [0.5, 0.6) is 0 Å². The van der Waals surface area contributed by atoms with Gasteiger partial charge in [0.2, 0.25) is 0 Å². The first kappa shape index (κ1) is 13.0. The third-order valence-corrected chi connectivity index (χ3v) is 4.85. The van der Waals surface area contributed by atoms with Crippen LogP contribution < -0.4 is 11.1 Å². The van der Waals surface area contributed by atoms with Gasteiger partial charge in [0, 0.05) is 6.04 Å². The molecule has 0 heterocycles. The average Bonchev–Trinajstić information content (AvgIpc) is 2.47. The molecule has 0 bridgehead atoms. The van der Waals surface area contributed by atoms with E-state index in [4.69, 9.17) is 5.73 Å². The lowest BCUT2D eigenvalue weighted by molar-refractivity contribution is 0.359. The van der Waals surface area contributed by atoms with Crippen LogP contribution in [0.15, 0.2) is 0 Å². The van der Waals surface area contributed by atoms with E-state index in [-0.39, 0.29) is 0 Å². The molecule has 3 N–H and O–H groups in total. The summed E-state index contributed by atoms with van der Waals surface area (Å²) in [6, 6.07) is 0.651. The highest BCUT2D eigenvalue weighted by Crippen LogP contribution is 2.62. The zero-order chi connectivity index (χ0) is 11.9. The van der Waals surface area contributed by atoms with E-state index in [1.165, 1.54) is 0 Å². The molecule has 1 unspecified atom stereocenters. The van der Waals surface area contributed by atoms with E-state index in [2.05, 4.69) is 46.9 Å². The van der Waals surface area contributed by atoms with Crippen LogP contribution in [-0.4, -0.2) is 19.1 Å². The predicted octanol–water partition coefficient (Wildman–Crippen LogP) is 2.24. The van der Waals surface area contributed by atoms with Crippen molar-refractivity contribution in [2.45, 2.75) is 47.6 Å². The molecule has 2 nitrogen and oxygen atoms in total. The van der Waals surface area contributed by atoms with Crippen LogP contribution in [0.3, 0.4) is 0 Å². The molecule has 15 heavy (non-hydrogen) atoms. The van der Waals surface area contributed by atoms with Crippen molar-refractivity contribution in [3.05, 3.63) is 0 Å². The maximum absolute atomic E-state index is 5.78. The summed E-state index contributed by atoms with van der Waals surface area (Å²) in [6.45, 7) is 15.7. The van der Waals surface area contributed by atoms with Gasteiger partial charge in [0.1, 0.15) is 0 Å². The van der Waals surface area contributed by atoms with E-state index in [9.17, 15) is 0 Å². The van der Waals surface area contributed by atoms with Crippen molar-refractivity contribution in [2.24, 2.45) is 28.4 Å². The Morgan fingerprint density at radius 3 is 1.87 bits per heavy atom. The molecule has 1 fully saturated rings. The number of rotatable bonds is 5. The fourth-order valence-corrected chi connectivity index (χ4v) is 2.57. The Morgan fingerprint density at radius 2 is 1.60 bits per heavy atom. The fraction of sp³-hybridized carbons (Fsp3) is 1.00. The Kier molecular flexibility index (Phi) is 3.52. The van der Waals surface area contributed by atoms with Gasteiger partial charge >= 0.3 is 0 Å². The van der Waals surface area contributed by atoms with E-state index in [1.807, 2.05) is 0 Å². The third kappa shape index (κ3) is 2.21. The smallest absolute Gasteiger partial charge is 0.0181 e. The topological polar surface area (TPSA) is 38.0 Å². The second-order valence-electron chi connectivity index (χ2n) is 6.52. The van der Waals surface area contributed by atoms with Crippen molar-refractivity contribution in [2.75, 3.05) is 13.1 Å². The van der Waals surface area contributed by atoms with Gasteiger partial charge in [-0.3, -0.25) is 0 Å². The van der Waals surface area contributed by atoms with Gasteiger partial charge in [-0.2, -0.15) is 0 Å². The minimum Gasteiger partial charge on any atom is -0.330 e. The first-order chi connectivity index (χ1) is 6.75. The van der Waals surface area contributed by atoms with Gasteiger partial charge in [-0.15, -0.1) is 0 Å². The van der Waals surface area contributed by atoms with Crippen LogP contribution in [-0.2, 0) is 0 Å². The first-order valence-electron chi connectivity index (χ1n) is 6.18. The lowest BCUT2D eigenvalue weighted by atomic mass is 9.96. The Morgan fingerprint density at radius 1 is 1.13 bits per heavy atom. The molecule has 0 spiro atoms. The minimum absolute atomic E-state index is 0.434. The quantitative estimate of drug-likeness (QED) is 0.733. The van der Waals surface area contributed by atoms with Gasteiger partial charge in [-0.05, 0) is 35.8 Å². The van der Waals surface area contributed by atoms with Crippen molar-refractivity contribution >= 4 is 0 Å². The molecule has 1 rings (SSSR count). The molecular weight excluding hydrogens is 184 g/mol. The molecule has 2 heteroatoms. The normalized spacial score (nSPS) is 25.6. The van der Waals surface area contributed by atoms with Crippen LogP contribution >= 0.6 is 0 Å². The molecule has 1 aliphatic rings. The van der Waals surface area contributed by atoms with E-state index in [0.717, 1.165) is 13.1 Å². The van der Waals surface area contributed by atoms with Gasteiger partial charge in [0.25, 0.3) is 0 Å². The highest BCUT2D eigenvalue weighted by molar-refractivity contribution is 5.17. The average molecular weight is 212 g/mol. The molecule has 1 aliphatic carbocycles. The SMILES string of the molecule is CC(C)C(CN)CNC1C(C)(C)C1(C)C. The van der Waals surface area contributed by atoms with E-state index in [1.54, 1.807) is 0 Å². The van der Waals surface area contributed by atoms with Crippen molar-refractivity contribution in [1.82, 2.24) is 5.32 Å². The van der Waals surface area contributed by atoms with Crippen molar-refractivity contribution in [3.63, 3.8) is 0 Å². The van der Waals surface area contributed by atoms with Gasteiger partial charge in [-0.25, -0.2) is 0 Å². The monoisotopic (exact) mass is 212 g/mol. The molecule has 1 atom stereocenters. The van der Waals surface area contributed by atoms with Crippen molar-refractivity contribution in [3.8, 4) is 0 Å². The number of nitrogens with one attached hydrogen (secondary N) is 1. The summed E-state index contributed by atoms with van der Waals surface area (Å²) in [5, 5.41) is 3.69. The first-order valence-corrected chi connectivity index (χ1v) is 6.18. The molecule has 0 aromatic heterocycles. The zero-order valence-electron chi connectivity index (χ0n) is 11.2. The third-order valence-electron chi connectivity index (χ3n) is 4.85. The van der Waals surface area contributed by atoms with E-state index >= 15 is 0 Å². The number of nitrogens with two attached hydrogens (primary N) is 1. The van der Waals surface area contributed by atoms with Crippen LogP contribution in [0.2, 0.25) is 0 Å². The molecule has 0 aromatic carbocycles. The summed E-state index contributed by atoms with van der Waals surface area (Å²) in [6.07, 6.45) is 0. The van der Waals surface area contributed by atoms with Crippen LogP contribution in [0.25, 0.3) is 0 Å². The Bertz CT molecular complexity index is 205. The number of hydrogen-bond donors (Lipinski definition) is 2. The standard InChI is InChI=1S/C13H28N2/c1-9(2)10(7-14)8-15-11-12(3,4)13(11,5)6/h9-11,15H,7-8,14H2,1-6H3.